The quantitative estimate of drug-likeness (QED) is 0.491. The highest BCUT2D eigenvalue weighted by atomic mass is 16.1. The fraction of sp³-hybridized carbons (Fsp3) is 0.348. The number of nitrogens with one attached hydrogen (secondary N) is 1. The number of rotatable bonds is 4. The molecular weight excluding hydrogens is 404 g/mol. The van der Waals surface area contributed by atoms with Crippen LogP contribution in [0, 0.1) is 11.8 Å². The summed E-state index contributed by atoms with van der Waals surface area (Å²) >= 11 is 0. The van der Waals surface area contributed by atoms with Crippen molar-refractivity contribution in [1.29, 1.82) is 0 Å². The Morgan fingerprint density at radius 3 is 2.94 bits per heavy atom. The summed E-state index contributed by atoms with van der Waals surface area (Å²) in [6, 6.07) is 7.55. The van der Waals surface area contributed by atoms with Gasteiger partial charge >= 0.3 is 0 Å². The van der Waals surface area contributed by atoms with Gasteiger partial charge in [-0.05, 0) is 44.2 Å². The first-order valence-electron chi connectivity index (χ1n) is 10.8. The van der Waals surface area contributed by atoms with Crippen molar-refractivity contribution in [1.82, 2.24) is 34.6 Å². The zero-order chi connectivity index (χ0) is 21.9. The monoisotopic (exact) mass is 428 g/mol. The molecule has 1 saturated heterocycles. The summed E-state index contributed by atoms with van der Waals surface area (Å²) in [5.74, 6) is 6.81. The summed E-state index contributed by atoms with van der Waals surface area (Å²) in [4.78, 5) is 29.4. The molecule has 0 spiro atoms. The van der Waals surface area contributed by atoms with E-state index in [4.69, 9.17) is 4.98 Å². The van der Waals surface area contributed by atoms with Crippen molar-refractivity contribution in [2.45, 2.75) is 26.4 Å². The van der Waals surface area contributed by atoms with E-state index in [-0.39, 0.29) is 12.1 Å². The van der Waals surface area contributed by atoms with Crippen molar-refractivity contribution in [2.75, 3.05) is 31.1 Å². The van der Waals surface area contributed by atoms with Gasteiger partial charge in [0.2, 0.25) is 5.95 Å². The summed E-state index contributed by atoms with van der Waals surface area (Å²) in [6.07, 6.45) is 4.42. The minimum absolute atomic E-state index is 0.194. The van der Waals surface area contributed by atoms with E-state index in [9.17, 15) is 4.79 Å². The Labute approximate surface area is 185 Å². The lowest BCUT2D eigenvalue weighted by atomic mass is 10.3. The van der Waals surface area contributed by atoms with E-state index in [0.29, 0.717) is 17.6 Å². The molecule has 1 aliphatic heterocycles. The largest absolute Gasteiger partial charge is 0.341 e. The lowest BCUT2D eigenvalue weighted by Gasteiger charge is -2.21. The second kappa shape index (κ2) is 8.77. The summed E-state index contributed by atoms with van der Waals surface area (Å²) in [5.41, 5.74) is 3.28. The van der Waals surface area contributed by atoms with E-state index >= 15 is 0 Å². The van der Waals surface area contributed by atoms with Crippen molar-refractivity contribution in [2.24, 2.45) is 0 Å². The smallest absolute Gasteiger partial charge is 0.293 e. The Morgan fingerprint density at radius 2 is 2.03 bits per heavy atom. The second-order valence-electron chi connectivity index (χ2n) is 7.70. The molecule has 4 aromatic rings. The predicted molar refractivity (Wildman–Crippen MR) is 124 cm³/mol. The molecule has 4 aromatic heterocycles. The number of imidazole rings is 1. The van der Waals surface area contributed by atoms with Crippen molar-refractivity contribution in [3.63, 3.8) is 0 Å². The van der Waals surface area contributed by atoms with Crippen LogP contribution in [-0.2, 0) is 13.1 Å². The van der Waals surface area contributed by atoms with Crippen LogP contribution in [-0.4, -0.2) is 55.5 Å². The fourth-order valence-corrected chi connectivity index (χ4v) is 4.02. The van der Waals surface area contributed by atoms with Crippen LogP contribution in [0.2, 0.25) is 0 Å². The van der Waals surface area contributed by atoms with Gasteiger partial charge in [-0.2, -0.15) is 5.10 Å². The topological polar surface area (TPSA) is 93.8 Å². The Bertz CT molecular complexity index is 1390. The fourth-order valence-electron chi connectivity index (χ4n) is 4.02. The maximum Gasteiger partial charge on any atom is 0.293 e. The number of pyridine rings is 2. The number of hydrogen-bond donors (Lipinski definition) is 1. The molecule has 0 aromatic carbocycles. The minimum Gasteiger partial charge on any atom is -0.341 e. The molecule has 9 nitrogen and oxygen atoms in total. The van der Waals surface area contributed by atoms with Crippen LogP contribution in [0.3, 0.4) is 0 Å². The first kappa shape index (κ1) is 20.2. The van der Waals surface area contributed by atoms with Gasteiger partial charge in [-0.1, -0.05) is 5.92 Å². The Hall–Kier alpha value is -3.77. The summed E-state index contributed by atoms with van der Waals surface area (Å²) in [5, 5.41) is 7.79. The van der Waals surface area contributed by atoms with Crippen LogP contribution in [0.4, 0.5) is 5.95 Å². The molecular formula is C23H24N8O. The van der Waals surface area contributed by atoms with E-state index in [1.165, 1.54) is 4.68 Å². The molecule has 1 N–H and O–H groups in total. The molecule has 1 fully saturated rings. The summed E-state index contributed by atoms with van der Waals surface area (Å²) in [7, 11) is 0. The second-order valence-corrected chi connectivity index (χ2v) is 7.70. The number of hydrogen-bond acceptors (Lipinski definition) is 7. The number of anilines is 1. The number of aromatic nitrogens is 6. The van der Waals surface area contributed by atoms with Crippen molar-refractivity contribution < 1.29 is 0 Å². The lowest BCUT2D eigenvalue weighted by Crippen LogP contribution is -2.31. The highest BCUT2D eigenvalue weighted by molar-refractivity contribution is 5.77. The average Bonchev–Trinajstić information content (AvgIpc) is 2.98. The number of fused-ring (bicyclic) bond motifs is 2. The van der Waals surface area contributed by atoms with Crippen molar-refractivity contribution in [3.8, 4) is 11.8 Å². The van der Waals surface area contributed by atoms with Gasteiger partial charge in [-0.3, -0.25) is 14.3 Å². The Kier molecular flexibility index (Phi) is 5.52. The van der Waals surface area contributed by atoms with Crippen LogP contribution in [0.25, 0.3) is 22.1 Å². The Balaban J connectivity index is 1.57. The summed E-state index contributed by atoms with van der Waals surface area (Å²) < 4.78 is 3.37. The van der Waals surface area contributed by atoms with Crippen LogP contribution < -0.4 is 15.8 Å². The maximum absolute atomic E-state index is 13.5. The molecule has 1 aliphatic rings. The number of nitrogens with zero attached hydrogens (tertiary/aromatic N) is 7. The molecule has 162 valence electrons. The lowest BCUT2D eigenvalue weighted by molar-refractivity contribution is 0.632. The zero-order valence-electron chi connectivity index (χ0n) is 18.0. The van der Waals surface area contributed by atoms with Gasteiger partial charge in [0, 0.05) is 25.8 Å². The molecule has 5 rings (SSSR count). The first-order chi connectivity index (χ1) is 15.7. The molecule has 0 saturated carbocycles. The van der Waals surface area contributed by atoms with Gasteiger partial charge in [0.25, 0.3) is 5.56 Å². The van der Waals surface area contributed by atoms with E-state index in [1.54, 1.807) is 19.3 Å². The molecule has 32 heavy (non-hydrogen) atoms. The third-order valence-corrected chi connectivity index (χ3v) is 5.59. The van der Waals surface area contributed by atoms with Crippen LogP contribution >= 0.6 is 0 Å². The highest BCUT2D eigenvalue weighted by Gasteiger charge is 2.21. The highest BCUT2D eigenvalue weighted by Crippen LogP contribution is 2.20. The maximum atomic E-state index is 13.5. The first-order valence-corrected chi connectivity index (χ1v) is 10.8. The Morgan fingerprint density at radius 1 is 1.09 bits per heavy atom. The van der Waals surface area contributed by atoms with Gasteiger partial charge < -0.3 is 10.2 Å². The van der Waals surface area contributed by atoms with E-state index < -0.39 is 0 Å². The minimum atomic E-state index is -0.194. The van der Waals surface area contributed by atoms with E-state index in [2.05, 4.69) is 37.1 Å². The molecule has 9 heteroatoms. The third-order valence-electron chi connectivity index (χ3n) is 5.59. The molecule has 0 amide bonds. The predicted octanol–water partition coefficient (Wildman–Crippen LogP) is 1.41. The SMILES string of the molecule is CC#CCn1c(N2CCCNCC2)nc2cnn(Cc3ccc4ncccc4n3)c(=O)c21. The van der Waals surface area contributed by atoms with Gasteiger partial charge in [0.05, 0.1) is 36.0 Å². The standard InChI is InChI=1S/C23H24N8O/c1-2-3-13-30-21-20(28-23(30)29-12-5-9-24-11-14-29)15-26-31(22(21)32)16-17-7-8-18-19(27-17)6-4-10-25-18/h4,6-8,10,15,24H,5,9,11-14,16H2,1H3. The van der Waals surface area contributed by atoms with Crippen molar-refractivity contribution in [3.05, 3.63) is 52.7 Å². The van der Waals surface area contributed by atoms with Crippen LogP contribution in [0.15, 0.2) is 41.5 Å². The molecule has 0 atom stereocenters. The van der Waals surface area contributed by atoms with Gasteiger partial charge in [-0.15, -0.1) is 5.92 Å². The van der Waals surface area contributed by atoms with Crippen LogP contribution in [0.1, 0.15) is 19.0 Å². The third kappa shape index (κ3) is 3.81. The van der Waals surface area contributed by atoms with E-state index in [0.717, 1.165) is 55.3 Å². The molecule has 0 unspecified atom stereocenters. The molecule has 0 radical (unpaired) electrons. The van der Waals surface area contributed by atoms with Crippen LogP contribution in [0.5, 0.6) is 0 Å². The van der Waals surface area contributed by atoms with Gasteiger partial charge in [0.1, 0.15) is 11.0 Å². The van der Waals surface area contributed by atoms with Crippen molar-refractivity contribution >= 4 is 28.0 Å². The molecule has 0 bridgehead atoms. The average molecular weight is 429 g/mol. The van der Waals surface area contributed by atoms with Gasteiger partial charge in [-0.25, -0.2) is 14.6 Å². The van der Waals surface area contributed by atoms with E-state index in [1.807, 2.05) is 28.8 Å². The normalized spacial score (nSPS) is 14.3. The molecule has 0 aliphatic carbocycles. The van der Waals surface area contributed by atoms with Gasteiger partial charge in [0.15, 0.2) is 0 Å². The molecule has 5 heterocycles. The summed E-state index contributed by atoms with van der Waals surface area (Å²) in [6.45, 7) is 6.06. The zero-order valence-corrected chi connectivity index (χ0v) is 18.0.